The van der Waals surface area contributed by atoms with Crippen LogP contribution in [0.5, 0.6) is 0 Å². The van der Waals surface area contributed by atoms with Gasteiger partial charge in [0, 0.05) is 48.7 Å². The van der Waals surface area contributed by atoms with Crippen molar-refractivity contribution < 1.29 is 9.59 Å². The lowest BCUT2D eigenvalue weighted by atomic mass is 9.95. The van der Waals surface area contributed by atoms with Gasteiger partial charge in [-0.25, -0.2) is 0 Å². The number of hydrogen-bond donors (Lipinski definition) is 0. The zero-order valence-corrected chi connectivity index (χ0v) is 16.5. The molecule has 0 bridgehead atoms. The summed E-state index contributed by atoms with van der Waals surface area (Å²) in [4.78, 5) is 34.0. The van der Waals surface area contributed by atoms with Crippen molar-refractivity contribution in [2.75, 3.05) is 13.1 Å². The third-order valence-corrected chi connectivity index (χ3v) is 5.77. The van der Waals surface area contributed by atoms with Crippen LogP contribution in [0, 0.1) is 5.92 Å². The molecule has 1 saturated heterocycles. The largest absolute Gasteiger partial charge is 0.338 e. The van der Waals surface area contributed by atoms with Crippen LogP contribution in [0.15, 0.2) is 48.8 Å². The number of carbonyl (C=O) groups is 2. The Kier molecular flexibility index (Phi) is 5.62. The molecule has 1 atom stereocenters. The SMILES string of the molecule is O=C(c1ccc(Cl)cc1)N1CCCC(C(=O)N(Cc2ccncc2)C2CC2)C1. The number of likely N-dealkylation sites (tertiary alicyclic amines) is 1. The van der Waals surface area contributed by atoms with E-state index in [1.54, 1.807) is 36.7 Å². The summed E-state index contributed by atoms with van der Waals surface area (Å²) >= 11 is 5.92. The second-order valence-corrected chi connectivity index (χ2v) is 8.09. The molecule has 28 heavy (non-hydrogen) atoms. The van der Waals surface area contributed by atoms with Gasteiger partial charge < -0.3 is 9.80 Å². The van der Waals surface area contributed by atoms with Crippen molar-refractivity contribution >= 4 is 23.4 Å². The van der Waals surface area contributed by atoms with E-state index < -0.39 is 0 Å². The minimum Gasteiger partial charge on any atom is -0.338 e. The molecule has 2 amide bonds. The molecule has 4 rings (SSSR count). The number of rotatable bonds is 5. The lowest BCUT2D eigenvalue weighted by Crippen LogP contribution is -2.47. The molecule has 0 spiro atoms. The van der Waals surface area contributed by atoms with Gasteiger partial charge in [0.2, 0.25) is 5.91 Å². The number of pyridine rings is 1. The first-order valence-electron chi connectivity index (χ1n) is 9.86. The molecule has 1 aliphatic carbocycles. The summed E-state index contributed by atoms with van der Waals surface area (Å²) < 4.78 is 0. The van der Waals surface area contributed by atoms with Crippen molar-refractivity contribution in [1.82, 2.24) is 14.8 Å². The summed E-state index contributed by atoms with van der Waals surface area (Å²) in [5, 5.41) is 0.611. The fourth-order valence-electron chi connectivity index (χ4n) is 3.83. The smallest absolute Gasteiger partial charge is 0.253 e. The first kappa shape index (κ1) is 18.9. The normalized spacial score (nSPS) is 19.3. The van der Waals surface area contributed by atoms with Gasteiger partial charge in [-0.2, -0.15) is 0 Å². The van der Waals surface area contributed by atoms with Crippen molar-refractivity contribution in [2.24, 2.45) is 5.92 Å². The van der Waals surface area contributed by atoms with Crippen LogP contribution in [0.25, 0.3) is 0 Å². The molecular formula is C22H24ClN3O2. The molecule has 5 nitrogen and oxygen atoms in total. The van der Waals surface area contributed by atoms with Gasteiger partial charge in [0.15, 0.2) is 0 Å². The van der Waals surface area contributed by atoms with Gasteiger partial charge in [0.05, 0.1) is 5.92 Å². The Balaban J connectivity index is 1.44. The molecule has 2 aliphatic rings. The fourth-order valence-corrected chi connectivity index (χ4v) is 3.96. The second-order valence-electron chi connectivity index (χ2n) is 7.65. The third kappa shape index (κ3) is 4.36. The lowest BCUT2D eigenvalue weighted by molar-refractivity contribution is -0.138. The zero-order chi connectivity index (χ0) is 19.5. The molecule has 1 aromatic heterocycles. The van der Waals surface area contributed by atoms with Gasteiger partial charge >= 0.3 is 0 Å². The highest BCUT2D eigenvalue weighted by molar-refractivity contribution is 6.30. The van der Waals surface area contributed by atoms with E-state index in [0.29, 0.717) is 36.3 Å². The molecule has 2 heterocycles. The quantitative estimate of drug-likeness (QED) is 0.771. The highest BCUT2D eigenvalue weighted by Gasteiger charge is 2.38. The van der Waals surface area contributed by atoms with E-state index in [9.17, 15) is 9.59 Å². The number of nitrogens with zero attached hydrogens (tertiary/aromatic N) is 3. The molecular weight excluding hydrogens is 374 g/mol. The number of aromatic nitrogens is 1. The first-order chi connectivity index (χ1) is 13.6. The first-order valence-corrected chi connectivity index (χ1v) is 10.2. The minimum absolute atomic E-state index is 0.0266. The molecule has 1 aliphatic heterocycles. The molecule has 1 unspecified atom stereocenters. The van der Waals surface area contributed by atoms with Crippen LogP contribution in [0.2, 0.25) is 5.02 Å². The van der Waals surface area contributed by atoms with Crippen LogP contribution in [-0.4, -0.2) is 45.7 Å². The van der Waals surface area contributed by atoms with Crippen LogP contribution in [0.3, 0.4) is 0 Å². The molecule has 2 fully saturated rings. The van der Waals surface area contributed by atoms with E-state index in [0.717, 1.165) is 31.2 Å². The monoisotopic (exact) mass is 397 g/mol. The van der Waals surface area contributed by atoms with Crippen LogP contribution < -0.4 is 0 Å². The number of halogens is 1. The Bertz CT molecular complexity index is 837. The predicted octanol–water partition coefficient (Wildman–Crippen LogP) is 3.78. The number of amides is 2. The van der Waals surface area contributed by atoms with E-state index >= 15 is 0 Å². The van der Waals surface area contributed by atoms with Crippen molar-refractivity contribution in [1.29, 1.82) is 0 Å². The molecule has 1 aromatic carbocycles. The van der Waals surface area contributed by atoms with Crippen molar-refractivity contribution in [3.8, 4) is 0 Å². The second kappa shape index (κ2) is 8.31. The Hall–Kier alpha value is -2.40. The molecule has 146 valence electrons. The summed E-state index contributed by atoms with van der Waals surface area (Å²) in [5.41, 5.74) is 1.72. The molecule has 0 N–H and O–H groups in total. The molecule has 2 aromatic rings. The maximum absolute atomic E-state index is 13.3. The van der Waals surface area contributed by atoms with E-state index in [-0.39, 0.29) is 17.7 Å². The fraction of sp³-hybridized carbons (Fsp3) is 0.409. The van der Waals surface area contributed by atoms with Crippen molar-refractivity contribution in [2.45, 2.75) is 38.3 Å². The van der Waals surface area contributed by atoms with Crippen LogP contribution >= 0.6 is 11.6 Å². The third-order valence-electron chi connectivity index (χ3n) is 5.52. The molecule has 0 radical (unpaired) electrons. The Morgan fingerprint density at radius 1 is 1.07 bits per heavy atom. The predicted molar refractivity (Wildman–Crippen MR) is 108 cm³/mol. The van der Waals surface area contributed by atoms with Gasteiger partial charge in [-0.05, 0) is 67.6 Å². The van der Waals surface area contributed by atoms with Crippen molar-refractivity contribution in [3.63, 3.8) is 0 Å². The van der Waals surface area contributed by atoms with E-state index in [2.05, 4.69) is 4.98 Å². The lowest BCUT2D eigenvalue weighted by Gasteiger charge is -2.35. The summed E-state index contributed by atoms with van der Waals surface area (Å²) in [6, 6.07) is 11.2. The number of benzene rings is 1. The van der Waals surface area contributed by atoms with Gasteiger partial charge in [-0.15, -0.1) is 0 Å². The highest BCUT2D eigenvalue weighted by Crippen LogP contribution is 2.31. The van der Waals surface area contributed by atoms with E-state index in [1.807, 2.05) is 21.9 Å². The summed E-state index contributed by atoms with van der Waals surface area (Å²) in [6.07, 6.45) is 7.34. The summed E-state index contributed by atoms with van der Waals surface area (Å²) in [6.45, 7) is 1.80. The molecule has 6 heteroatoms. The molecule has 1 saturated carbocycles. The van der Waals surface area contributed by atoms with Gasteiger partial charge in [-0.3, -0.25) is 14.6 Å². The minimum atomic E-state index is -0.132. The topological polar surface area (TPSA) is 53.5 Å². The maximum Gasteiger partial charge on any atom is 0.253 e. The Morgan fingerprint density at radius 2 is 1.79 bits per heavy atom. The van der Waals surface area contributed by atoms with Crippen molar-refractivity contribution in [3.05, 3.63) is 64.9 Å². The number of piperidine rings is 1. The van der Waals surface area contributed by atoms with Gasteiger partial charge in [0.25, 0.3) is 5.91 Å². The van der Waals surface area contributed by atoms with E-state index in [4.69, 9.17) is 11.6 Å². The Morgan fingerprint density at radius 3 is 2.46 bits per heavy atom. The van der Waals surface area contributed by atoms with Crippen LogP contribution in [0.1, 0.15) is 41.6 Å². The standard InChI is InChI=1S/C22H24ClN3O2/c23-19-5-3-17(4-6-19)21(27)25-13-1-2-18(15-25)22(28)26(20-7-8-20)14-16-9-11-24-12-10-16/h3-6,9-12,18,20H,1-2,7-8,13-15H2. The highest BCUT2D eigenvalue weighted by atomic mass is 35.5. The van der Waals surface area contributed by atoms with Gasteiger partial charge in [-0.1, -0.05) is 11.6 Å². The van der Waals surface area contributed by atoms with E-state index in [1.165, 1.54) is 0 Å². The Labute approximate surface area is 170 Å². The average molecular weight is 398 g/mol. The van der Waals surface area contributed by atoms with Crippen LogP contribution in [0.4, 0.5) is 0 Å². The number of hydrogen-bond acceptors (Lipinski definition) is 3. The maximum atomic E-state index is 13.3. The van der Waals surface area contributed by atoms with Crippen LogP contribution in [-0.2, 0) is 11.3 Å². The summed E-state index contributed by atoms with van der Waals surface area (Å²) in [5.74, 6) is 0.0154. The number of carbonyl (C=O) groups excluding carboxylic acids is 2. The van der Waals surface area contributed by atoms with Gasteiger partial charge in [0.1, 0.15) is 0 Å². The zero-order valence-electron chi connectivity index (χ0n) is 15.8. The average Bonchev–Trinajstić information content (AvgIpc) is 3.58. The summed E-state index contributed by atoms with van der Waals surface area (Å²) in [7, 11) is 0.